The average Bonchev–Trinajstić information content (AvgIpc) is 2.77. The Morgan fingerprint density at radius 3 is 2.04 bits per heavy atom. The lowest BCUT2D eigenvalue weighted by molar-refractivity contribution is -0.310. The largest absolute Gasteiger partial charge is 0.394 e. The van der Waals surface area contributed by atoms with Crippen LogP contribution in [0, 0.1) is 0 Å². The summed E-state index contributed by atoms with van der Waals surface area (Å²) in [5.41, 5.74) is 0. The second-order valence-electron chi connectivity index (χ2n) is 5.63. The smallest absolute Gasteiger partial charge is 0.219 e. The van der Waals surface area contributed by atoms with E-state index in [2.05, 4.69) is 0 Å². The van der Waals surface area contributed by atoms with E-state index in [1.165, 1.54) is 0 Å². The van der Waals surface area contributed by atoms with Gasteiger partial charge in [0.1, 0.15) is 42.7 Å². The Bertz CT molecular complexity index is 393. The fourth-order valence-corrected chi connectivity index (χ4v) is 2.53. The Morgan fingerprint density at radius 2 is 1.52 bits per heavy atom. The summed E-state index contributed by atoms with van der Waals surface area (Å²) in [4.78, 5) is 0. The molecule has 23 heavy (non-hydrogen) atoms. The Balaban J connectivity index is 1.95. The van der Waals surface area contributed by atoms with E-state index in [0.717, 1.165) is 0 Å². The number of aliphatic hydroxyl groups is 8. The summed E-state index contributed by atoms with van der Waals surface area (Å²) in [6.07, 6.45) is -12.0. The van der Waals surface area contributed by atoms with Gasteiger partial charge in [0, 0.05) is 0 Å². The van der Waals surface area contributed by atoms with Crippen molar-refractivity contribution in [1.29, 1.82) is 0 Å². The molecule has 0 aromatic heterocycles. The molecule has 0 saturated carbocycles. The van der Waals surface area contributed by atoms with E-state index in [4.69, 9.17) is 24.4 Å². The van der Waals surface area contributed by atoms with Crippen LogP contribution in [0.25, 0.3) is 0 Å². The Kier molecular flexibility index (Phi) is 5.92. The van der Waals surface area contributed by atoms with Crippen LogP contribution in [0.4, 0.5) is 0 Å². The van der Waals surface area contributed by atoms with Gasteiger partial charge < -0.3 is 55.1 Å². The predicted molar refractivity (Wildman–Crippen MR) is 68.6 cm³/mol. The SMILES string of the molecule is OC[C@H]1O[C@H](OC[C@H]2OC(O)(CO)[C@@H](O)C2O)C(O)[C@@H](O)C1O. The van der Waals surface area contributed by atoms with Gasteiger partial charge in [0.05, 0.1) is 19.8 Å². The van der Waals surface area contributed by atoms with Gasteiger partial charge >= 0.3 is 0 Å². The maximum atomic E-state index is 9.78. The third kappa shape index (κ3) is 3.50. The summed E-state index contributed by atoms with van der Waals surface area (Å²) >= 11 is 0. The second-order valence-corrected chi connectivity index (χ2v) is 5.63. The van der Waals surface area contributed by atoms with Gasteiger partial charge in [-0.25, -0.2) is 0 Å². The Labute approximate surface area is 130 Å². The van der Waals surface area contributed by atoms with Crippen molar-refractivity contribution in [3.8, 4) is 0 Å². The van der Waals surface area contributed by atoms with Crippen LogP contribution >= 0.6 is 0 Å². The van der Waals surface area contributed by atoms with Gasteiger partial charge in [-0.2, -0.15) is 0 Å². The van der Waals surface area contributed by atoms with Crippen LogP contribution < -0.4 is 0 Å². The topological polar surface area (TPSA) is 190 Å². The fourth-order valence-electron chi connectivity index (χ4n) is 2.53. The lowest BCUT2D eigenvalue weighted by atomic mass is 9.99. The molecule has 0 aromatic rings. The van der Waals surface area contributed by atoms with Gasteiger partial charge in [0.15, 0.2) is 6.29 Å². The molecular formula is C12H22O11. The molecule has 2 aliphatic rings. The third-order valence-electron chi connectivity index (χ3n) is 4.02. The van der Waals surface area contributed by atoms with E-state index in [9.17, 15) is 30.6 Å². The molecule has 2 fully saturated rings. The van der Waals surface area contributed by atoms with Crippen molar-refractivity contribution in [3.63, 3.8) is 0 Å². The molecule has 0 aliphatic carbocycles. The molecule has 0 amide bonds. The highest BCUT2D eigenvalue weighted by atomic mass is 16.7. The summed E-state index contributed by atoms with van der Waals surface area (Å²) in [7, 11) is 0. The van der Waals surface area contributed by atoms with Crippen molar-refractivity contribution in [2.24, 2.45) is 0 Å². The molecular weight excluding hydrogens is 320 g/mol. The maximum absolute atomic E-state index is 9.78. The van der Waals surface area contributed by atoms with Crippen molar-refractivity contribution >= 4 is 0 Å². The zero-order chi connectivity index (χ0) is 17.4. The molecule has 11 nitrogen and oxygen atoms in total. The van der Waals surface area contributed by atoms with Gasteiger partial charge in [-0.3, -0.25) is 0 Å². The number of hydrogen-bond acceptors (Lipinski definition) is 11. The quantitative estimate of drug-likeness (QED) is 0.238. The second kappa shape index (κ2) is 7.21. The van der Waals surface area contributed by atoms with Gasteiger partial charge in [0.2, 0.25) is 5.79 Å². The molecule has 11 heteroatoms. The van der Waals surface area contributed by atoms with Crippen molar-refractivity contribution < 1.29 is 55.1 Å². The van der Waals surface area contributed by atoms with Crippen molar-refractivity contribution in [3.05, 3.63) is 0 Å². The van der Waals surface area contributed by atoms with Crippen LogP contribution in [0.5, 0.6) is 0 Å². The number of aliphatic hydroxyl groups excluding tert-OH is 7. The molecule has 2 saturated heterocycles. The van der Waals surface area contributed by atoms with E-state index in [1.807, 2.05) is 0 Å². The normalized spacial score (nSPS) is 51.1. The third-order valence-corrected chi connectivity index (χ3v) is 4.02. The monoisotopic (exact) mass is 342 g/mol. The number of rotatable bonds is 5. The van der Waals surface area contributed by atoms with Crippen LogP contribution in [0.1, 0.15) is 0 Å². The fraction of sp³-hybridized carbons (Fsp3) is 1.00. The standard InChI is InChI=1S/C12H22O11/c13-1-4-6(15)8(17)9(18)11(22-4)21-2-5-7(16)10(19)12(20,3-14)23-5/h4-11,13-20H,1-3H2/t4-,5-,6?,7?,8+,9?,10+,11+,12?/m1/s1. The van der Waals surface area contributed by atoms with E-state index in [-0.39, 0.29) is 0 Å². The van der Waals surface area contributed by atoms with Crippen molar-refractivity contribution in [1.82, 2.24) is 0 Å². The summed E-state index contributed by atoms with van der Waals surface area (Å²) in [6, 6.07) is 0. The highest BCUT2D eigenvalue weighted by Crippen LogP contribution is 2.30. The molecule has 2 heterocycles. The molecule has 2 rings (SSSR count). The van der Waals surface area contributed by atoms with E-state index in [1.54, 1.807) is 0 Å². The van der Waals surface area contributed by atoms with Crippen molar-refractivity contribution in [2.45, 2.75) is 54.8 Å². The zero-order valence-corrected chi connectivity index (χ0v) is 12.0. The van der Waals surface area contributed by atoms with Crippen LogP contribution in [0.2, 0.25) is 0 Å². The van der Waals surface area contributed by atoms with Crippen molar-refractivity contribution in [2.75, 3.05) is 19.8 Å². The van der Waals surface area contributed by atoms with Gasteiger partial charge in [-0.05, 0) is 0 Å². The lowest BCUT2D eigenvalue weighted by Gasteiger charge is -2.39. The van der Waals surface area contributed by atoms with Crippen LogP contribution in [0.15, 0.2) is 0 Å². The van der Waals surface area contributed by atoms with Crippen LogP contribution in [-0.2, 0) is 14.2 Å². The van der Waals surface area contributed by atoms with Gasteiger partial charge in [-0.15, -0.1) is 0 Å². The number of ether oxygens (including phenoxy) is 3. The lowest BCUT2D eigenvalue weighted by Crippen LogP contribution is -2.59. The summed E-state index contributed by atoms with van der Waals surface area (Å²) < 4.78 is 15.2. The molecule has 9 atom stereocenters. The Hall–Kier alpha value is -0.440. The molecule has 0 aromatic carbocycles. The van der Waals surface area contributed by atoms with E-state index in [0.29, 0.717) is 0 Å². The zero-order valence-electron chi connectivity index (χ0n) is 12.0. The minimum Gasteiger partial charge on any atom is -0.394 e. The van der Waals surface area contributed by atoms with Crippen LogP contribution in [-0.4, -0.2) is 115 Å². The molecule has 4 unspecified atom stereocenters. The van der Waals surface area contributed by atoms with E-state index < -0.39 is 74.6 Å². The van der Waals surface area contributed by atoms with Crippen LogP contribution in [0.3, 0.4) is 0 Å². The summed E-state index contributed by atoms with van der Waals surface area (Å²) in [6.45, 7) is -2.05. The minimum atomic E-state index is -2.34. The summed E-state index contributed by atoms with van der Waals surface area (Å²) in [5, 5.41) is 76.1. The maximum Gasteiger partial charge on any atom is 0.219 e. The molecule has 0 radical (unpaired) electrons. The van der Waals surface area contributed by atoms with Gasteiger partial charge in [0.25, 0.3) is 0 Å². The Morgan fingerprint density at radius 1 is 0.870 bits per heavy atom. The highest BCUT2D eigenvalue weighted by molar-refractivity contribution is 4.95. The highest BCUT2D eigenvalue weighted by Gasteiger charge is 2.53. The summed E-state index contributed by atoms with van der Waals surface area (Å²) in [5.74, 6) is -2.34. The molecule has 8 N–H and O–H groups in total. The first-order valence-electron chi connectivity index (χ1n) is 7.04. The average molecular weight is 342 g/mol. The molecule has 2 aliphatic heterocycles. The molecule has 136 valence electrons. The van der Waals surface area contributed by atoms with E-state index >= 15 is 0 Å². The molecule has 0 spiro atoms. The first-order chi connectivity index (χ1) is 10.7. The predicted octanol–water partition coefficient (Wildman–Crippen LogP) is -5.40. The van der Waals surface area contributed by atoms with Gasteiger partial charge in [-0.1, -0.05) is 0 Å². The number of hydrogen-bond donors (Lipinski definition) is 8. The first kappa shape index (κ1) is 18.9. The molecule has 0 bridgehead atoms. The minimum absolute atomic E-state index is 0.469. The first-order valence-corrected chi connectivity index (χ1v) is 7.04.